The molecule has 2 unspecified atom stereocenters. The van der Waals surface area contributed by atoms with Crippen molar-refractivity contribution in [1.82, 2.24) is 9.97 Å². The first-order valence-electron chi connectivity index (χ1n) is 10.1. The molecule has 1 amide bonds. The Bertz CT molecular complexity index is 1020. The van der Waals surface area contributed by atoms with Crippen molar-refractivity contribution >= 4 is 28.4 Å². The van der Waals surface area contributed by atoms with Crippen molar-refractivity contribution in [3.8, 4) is 0 Å². The Morgan fingerprint density at radius 2 is 2.14 bits per heavy atom. The molecule has 0 aromatic carbocycles. The Morgan fingerprint density at radius 3 is 2.90 bits per heavy atom. The molecular formula is C22H27N5O2. The number of carbonyl (C=O) groups is 1. The fourth-order valence-corrected chi connectivity index (χ4v) is 3.90. The van der Waals surface area contributed by atoms with Crippen LogP contribution in [0.4, 0.5) is 11.4 Å². The zero-order chi connectivity index (χ0) is 20.5. The highest BCUT2D eigenvalue weighted by Crippen LogP contribution is 2.29. The van der Waals surface area contributed by atoms with Gasteiger partial charge in [-0.25, -0.2) is 4.98 Å². The van der Waals surface area contributed by atoms with E-state index in [9.17, 15) is 4.79 Å². The molecule has 3 aromatic heterocycles. The van der Waals surface area contributed by atoms with Crippen LogP contribution in [0.3, 0.4) is 0 Å². The molecule has 152 valence electrons. The molecule has 0 radical (unpaired) electrons. The van der Waals surface area contributed by atoms with Crippen LogP contribution in [-0.2, 0) is 0 Å². The smallest absolute Gasteiger partial charge is 0.274 e. The number of furan rings is 1. The molecule has 1 saturated heterocycles. The molecule has 4 rings (SSSR count). The number of nitrogens with zero attached hydrogens (tertiary/aromatic N) is 3. The number of nitrogens with one attached hydrogen (secondary N) is 1. The lowest BCUT2D eigenvalue weighted by molar-refractivity contribution is 0.102. The highest BCUT2D eigenvalue weighted by molar-refractivity contribution is 6.05. The summed E-state index contributed by atoms with van der Waals surface area (Å²) in [7, 11) is 0. The minimum Gasteiger partial charge on any atom is -0.459 e. The highest BCUT2D eigenvalue weighted by Gasteiger charge is 2.24. The number of hydrogen-bond acceptors (Lipinski definition) is 6. The van der Waals surface area contributed by atoms with E-state index in [-0.39, 0.29) is 17.9 Å². The molecule has 3 N–H and O–H groups in total. The van der Waals surface area contributed by atoms with Gasteiger partial charge >= 0.3 is 0 Å². The van der Waals surface area contributed by atoms with Crippen LogP contribution in [0, 0.1) is 5.92 Å². The number of pyridine rings is 2. The Hall–Kier alpha value is -2.93. The minimum absolute atomic E-state index is 0.121. The van der Waals surface area contributed by atoms with E-state index in [2.05, 4.69) is 41.0 Å². The first-order valence-corrected chi connectivity index (χ1v) is 10.1. The lowest BCUT2D eigenvalue weighted by Crippen LogP contribution is -2.46. The van der Waals surface area contributed by atoms with Crippen molar-refractivity contribution in [2.24, 2.45) is 11.7 Å². The van der Waals surface area contributed by atoms with Gasteiger partial charge in [-0.2, -0.15) is 0 Å². The fourth-order valence-electron chi connectivity index (χ4n) is 3.90. The zero-order valence-electron chi connectivity index (χ0n) is 17.1. The molecule has 29 heavy (non-hydrogen) atoms. The van der Waals surface area contributed by atoms with Gasteiger partial charge in [-0.3, -0.25) is 9.78 Å². The molecule has 0 saturated carbocycles. The normalized spacial score (nSPS) is 19.7. The molecule has 1 aliphatic heterocycles. The number of aromatic nitrogens is 2. The maximum absolute atomic E-state index is 12.9. The van der Waals surface area contributed by atoms with Gasteiger partial charge in [0.15, 0.2) is 5.58 Å². The van der Waals surface area contributed by atoms with E-state index in [0.29, 0.717) is 28.4 Å². The number of rotatable bonds is 4. The molecule has 0 bridgehead atoms. The van der Waals surface area contributed by atoms with Crippen molar-refractivity contribution in [3.63, 3.8) is 0 Å². The third-order valence-corrected chi connectivity index (χ3v) is 5.27. The number of hydrogen-bond donors (Lipinski definition) is 2. The van der Waals surface area contributed by atoms with Crippen LogP contribution in [0.15, 0.2) is 41.1 Å². The Morgan fingerprint density at radius 1 is 1.31 bits per heavy atom. The average molecular weight is 393 g/mol. The summed E-state index contributed by atoms with van der Waals surface area (Å²) in [5.41, 5.74) is 9.51. The van der Waals surface area contributed by atoms with Crippen molar-refractivity contribution in [3.05, 3.63) is 48.1 Å². The van der Waals surface area contributed by atoms with Gasteiger partial charge < -0.3 is 20.4 Å². The SMILES string of the molecule is CC1CC(N)CN(c2ccncc2NC(=O)c2ccc3oc(C(C)C)cc3n2)C1. The van der Waals surface area contributed by atoms with E-state index in [1.165, 1.54) is 0 Å². The summed E-state index contributed by atoms with van der Waals surface area (Å²) in [6.45, 7) is 7.97. The number of anilines is 2. The number of piperidine rings is 1. The molecule has 3 aromatic rings. The topological polar surface area (TPSA) is 97.3 Å². The van der Waals surface area contributed by atoms with Crippen LogP contribution < -0.4 is 16.0 Å². The second-order valence-electron chi connectivity index (χ2n) is 8.24. The van der Waals surface area contributed by atoms with Crippen molar-refractivity contribution in [2.75, 3.05) is 23.3 Å². The Labute approximate surface area is 170 Å². The van der Waals surface area contributed by atoms with E-state index in [1.807, 2.05) is 12.1 Å². The molecule has 0 spiro atoms. The van der Waals surface area contributed by atoms with Gasteiger partial charge in [0.25, 0.3) is 5.91 Å². The van der Waals surface area contributed by atoms with Gasteiger partial charge in [-0.1, -0.05) is 20.8 Å². The first-order chi connectivity index (χ1) is 13.9. The summed E-state index contributed by atoms with van der Waals surface area (Å²) in [6, 6.07) is 7.40. The minimum atomic E-state index is -0.275. The summed E-state index contributed by atoms with van der Waals surface area (Å²) in [6.07, 6.45) is 4.42. The summed E-state index contributed by atoms with van der Waals surface area (Å²) >= 11 is 0. The predicted octanol–water partition coefficient (Wildman–Crippen LogP) is 3.77. The van der Waals surface area contributed by atoms with Crippen molar-refractivity contribution < 1.29 is 9.21 Å². The van der Waals surface area contributed by atoms with E-state index >= 15 is 0 Å². The molecule has 1 aliphatic rings. The van der Waals surface area contributed by atoms with Crippen LogP contribution in [0.5, 0.6) is 0 Å². The zero-order valence-corrected chi connectivity index (χ0v) is 17.1. The van der Waals surface area contributed by atoms with E-state index in [4.69, 9.17) is 10.2 Å². The molecule has 7 heteroatoms. The van der Waals surface area contributed by atoms with Crippen LogP contribution in [-0.4, -0.2) is 35.0 Å². The first kappa shape index (κ1) is 19.4. The quantitative estimate of drug-likeness (QED) is 0.700. The van der Waals surface area contributed by atoms with Gasteiger partial charge in [-0.15, -0.1) is 0 Å². The van der Waals surface area contributed by atoms with Crippen molar-refractivity contribution in [2.45, 2.75) is 39.2 Å². The van der Waals surface area contributed by atoms with Crippen LogP contribution >= 0.6 is 0 Å². The molecule has 0 aliphatic carbocycles. The maximum atomic E-state index is 12.9. The average Bonchev–Trinajstić information content (AvgIpc) is 3.11. The fraction of sp³-hybridized carbons (Fsp3) is 0.409. The molecular weight excluding hydrogens is 366 g/mol. The van der Waals surface area contributed by atoms with Gasteiger partial charge in [0, 0.05) is 37.3 Å². The van der Waals surface area contributed by atoms with Crippen molar-refractivity contribution in [1.29, 1.82) is 0 Å². The third kappa shape index (κ3) is 4.10. The standard InChI is InChI=1S/C22H27N5O2/c1-13(2)21-9-17-20(29-21)5-4-16(25-17)22(28)26-18-10-24-7-6-19(18)27-11-14(3)8-15(23)12-27/h4-7,9-10,13-15H,8,11-12,23H2,1-3H3,(H,26,28). The summed E-state index contributed by atoms with van der Waals surface area (Å²) in [5.74, 6) is 1.34. The largest absolute Gasteiger partial charge is 0.459 e. The van der Waals surface area contributed by atoms with Gasteiger partial charge in [-0.05, 0) is 30.5 Å². The van der Waals surface area contributed by atoms with Crippen LogP contribution in [0.1, 0.15) is 49.4 Å². The van der Waals surface area contributed by atoms with E-state index in [1.54, 1.807) is 24.5 Å². The molecule has 2 atom stereocenters. The summed E-state index contributed by atoms with van der Waals surface area (Å²) in [5, 5.41) is 2.97. The molecule has 4 heterocycles. The van der Waals surface area contributed by atoms with Crippen LogP contribution in [0.2, 0.25) is 0 Å². The van der Waals surface area contributed by atoms with Gasteiger partial charge in [0.1, 0.15) is 17.0 Å². The van der Waals surface area contributed by atoms with E-state index < -0.39 is 0 Å². The van der Waals surface area contributed by atoms with Crippen LogP contribution in [0.25, 0.3) is 11.1 Å². The number of nitrogens with two attached hydrogens (primary N) is 1. The summed E-state index contributed by atoms with van der Waals surface area (Å²) in [4.78, 5) is 23.8. The third-order valence-electron chi connectivity index (χ3n) is 5.27. The lowest BCUT2D eigenvalue weighted by Gasteiger charge is -2.37. The number of carbonyl (C=O) groups excluding carboxylic acids is 1. The Balaban J connectivity index is 1.58. The Kier molecular flexibility index (Phi) is 5.24. The lowest BCUT2D eigenvalue weighted by atomic mass is 9.96. The van der Waals surface area contributed by atoms with Gasteiger partial charge in [0.05, 0.1) is 17.6 Å². The summed E-state index contributed by atoms with van der Waals surface area (Å²) < 4.78 is 5.78. The predicted molar refractivity (Wildman–Crippen MR) is 114 cm³/mol. The van der Waals surface area contributed by atoms with E-state index in [0.717, 1.165) is 31.0 Å². The number of fused-ring (bicyclic) bond motifs is 1. The van der Waals surface area contributed by atoms with Gasteiger partial charge in [0.2, 0.25) is 0 Å². The maximum Gasteiger partial charge on any atom is 0.274 e. The second-order valence-corrected chi connectivity index (χ2v) is 8.24. The molecule has 7 nitrogen and oxygen atoms in total. The second kappa shape index (κ2) is 7.83. The molecule has 1 fully saturated rings. The monoisotopic (exact) mass is 393 g/mol. The highest BCUT2D eigenvalue weighted by atomic mass is 16.3. The number of amides is 1.